The molecule has 4 nitrogen and oxygen atoms in total. The first kappa shape index (κ1) is 14.8. The molecule has 1 saturated carbocycles. The number of hydrogen-bond donors (Lipinski definition) is 2. The smallest absolute Gasteiger partial charge is 0.405 e. The summed E-state index contributed by atoms with van der Waals surface area (Å²) in [6.45, 7) is -1.09. The van der Waals surface area contributed by atoms with Gasteiger partial charge < -0.3 is 15.8 Å². The van der Waals surface area contributed by atoms with E-state index in [9.17, 15) is 13.2 Å². The van der Waals surface area contributed by atoms with Crippen LogP contribution in [0.5, 0.6) is 0 Å². The van der Waals surface area contributed by atoms with Gasteiger partial charge in [-0.2, -0.15) is 13.2 Å². The molecule has 0 radical (unpaired) electrons. The molecule has 0 unspecified atom stereocenters. The maximum Gasteiger partial charge on any atom is 0.405 e. The summed E-state index contributed by atoms with van der Waals surface area (Å²) in [5, 5.41) is 11.8. The molecule has 1 aliphatic carbocycles. The SMILES string of the molecule is NC(=NO)c1c(Cl)cccc1N(CC(F)(F)F)C1CC1. The lowest BCUT2D eigenvalue weighted by atomic mass is 10.1. The number of halogens is 4. The number of alkyl halides is 3. The van der Waals surface area contributed by atoms with E-state index >= 15 is 0 Å². The molecule has 0 amide bonds. The molecule has 0 aliphatic heterocycles. The maximum absolute atomic E-state index is 12.7. The fourth-order valence-corrected chi connectivity index (χ4v) is 2.31. The van der Waals surface area contributed by atoms with Crippen molar-refractivity contribution < 1.29 is 18.4 Å². The average Bonchev–Trinajstić information content (AvgIpc) is 3.18. The number of oxime groups is 1. The Morgan fingerprint density at radius 1 is 1.45 bits per heavy atom. The van der Waals surface area contributed by atoms with E-state index in [4.69, 9.17) is 22.5 Å². The summed E-state index contributed by atoms with van der Waals surface area (Å²) in [7, 11) is 0. The first-order valence-electron chi connectivity index (χ1n) is 5.93. The van der Waals surface area contributed by atoms with Gasteiger partial charge in [0.25, 0.3) is 0 Å². The first-order chi connectivity index (χ1) is 9.33. The van der Waals surface area contributed by atoms with Crippen LogP contribution in [0, 0.1) is 0 Å². The molecule has 0 bridgehead atoms. The lowest BCUT2D eigenvalue weighted by Gasteiger charge is -2.28. The third-order valence-electron chi connectivity index (χ3n) is 3.00. The molecule has 0 spiro atoms. The van der Waals surface area contributed by atoms with Gasteiger partial charge in [-0.05, 0) is 25.0 Å². The highest BCUT2D eigenvalue weighted by atomic mass is 35.5. The molecule has 0 aromatic heterocycles. The number of benzene rings is 1. The largest absolute Gasteiger partial charge is 0.409 e. The van der Waals surface area contributed by atoms with Crippen molar-refractivity contribution in [2.24, 2.45) is 10.9 Å². The third-order valence-corrected chi connectivity index (χ3v) is 3.32. The zero-order valence-corrected chi connectivity index (χ0v) is 11.1. The van der Waals surface area contributed by atoms with E-state index < -0.39 is 12.7 Å². The minimum atomic E-state index is -4.34. The Bertz CT molecular complexity index is 529. The van der Waals surface area contributed by atoms with Crippen LogP contribution in [0.15, 0.2) is 23.4 Å². The second-order valence-corrected chi connectivity index (χ2v) is 5.00. The van der Waals surface area contributed by atoms with Crippen molar-refractivity contribution >= 4 is 23.1 Å². The van der Waals surface area contributed by atoms with E-state index in [0.29, 0.717) is 12.8 Å². The van der Waals surface area contributed by atoms with Crippen LogP contribution in [-0.2, 0) is 0 Å². The van der Waals surface area contributed by atoms with Crippen molar-refractivity contribution in [2.75, 3.05) is 11.4 Å². The molecule has 20 heavy (non-hydrogen) atoms. The van der Waals surface area contributed by atoms with E-state index in [1.54, 1.807) is 0 Å². The molecular weight excluding hydrogens is 295 g/mol. The number of nitrogens with two attached hydrogens (primary N) is 1. The molecule has 3 N–H and O–H groups in total. The lowest BCUT2D eigenvalue weighted by molar-refractivity contribution is -0.120. The number of rotatable bonds is 4. The Morgan fingerprint density at radius 2 is 2.10 bits per heavy atom. The molecular formula is C12H13ClF3N3O. The molecule has 0 atom stereocenters. The summed E-state index contributed by atoms with van der Waals surface area (Å²) in [5.74, 6) is -0.307. The normalized spacial score (nSPS) is 16.3. The van der Waals surface area contributed by atoms with Crippen molar-refractivity contribution in [3.05, 3.63) is 28.8 Å². The van der Waals surface area contributed by atoms with Crippen LogP contribution < -0.4 is 10.6 Å². The summed E-state index contributed by atoms with van der Waals surface area (Å²) in [6, 6.07) is 4.32. The monoisotopic (exact) mass is 307 g/mol. The van der Waals surface area contributed by atoms with Crippen molar-refractivity contribution in [2.45, 2.75) is 25.1 Å². The highest BCUT2D eigenvalue weighted by Gasteiger charge is 2.39. The highest BCUT2D eigenvalue weighted by Crippen LogP contribution is 2.37. The Labute approximate surface area is 118 Å². The molecule has 0 heterocycles. The fourth-order valence-electron chi connectivity index (χ4n) is 2.05. The average molecular weight is 308 g/mol. The molecule has 0 saturated heterocycles. The second kappa shape index (κ2) is 5.40. The van der Waals surface area contributed by atoms with Crippen molar-refractivity contribution in [1.29, 1.82) is 0 Å². The molecule has 1 aliphatic rings. The minimum Gasteiger partial charge on any atom is -0.409 e. The number of nitrogens with zero attached hydrogens (tertiary/aromatic N) is 2. The molecule has 1 aromatic rings. The van der Waals surface area contributed by atoms with E-state index in [-0.39, 0.29) is 28.2 Å². The van der Waals surface area contributed by atoms with Crippen LogP contribution in [0.2, 0.25) is 5.02 Å². The van der Waals surface area contributed by atoms with Crippen LogP contribution in [0.1, 0.15) is 18.4 Å². The van der Waals surface area contributed by atoms with Gasteiger partial charge in [0.05, 0.1) is 10.6 Å². The Kier molecular flexibility index (Phi) is 3.99. The van der Waals surface area contributed by atoms with Gasteiger partial charge in [0.2, 0.25) is 0 Å². The summed E-state index contributed by atoms with van der Waals surface area (Å²) in [4.78, 5) is 1.21. The number of amidine groups is 1. The number of anilines is 1. The van der Waals surface area contributed by atoms with E-state index in [1.807, 2.05) is 0 Å². The topological polar surface area (TPSA) is 61.9 Å². The molecule has 1 fully saturated rings. The lowest BCUT2D eigenvalue weighted by Crippen LogP contribution is -2.37. The predicted molar refractivity (Wildman–Crippen MR) is 70.4 cm³/mol. The summed E-state index contributed by atoms with van der Waals surface area (Å²) in [5.41, 5.74) is 5.87. The highest BCUT2D eigenvalue weighted by molar-refractivity contribution is 6.34. The second-order valence-electron chi connectivity index (χ2n) is 4.59. The van der Waals surface area contributed by atoms with Crippen LogP contribution in [-0.4, -0.2) is 29.8 Å². The van der Waals surface area contributed by atoms with Crippen molar-refractivity contribution in [3.8, 4) is 0 Å². The van der Waals surface area contributed by atoms with Gasteiger partial charge in [-0.1, -0.05) is 22.8 Å². The van der Waals surface area contributed by atoms with Gasteiger partial charge in [0, 0.05) is 11.7 Å². The Hall–Kier alpha value is -1.63. The molecule has 1 aromatic carbocycles. The van der Waals surface area contributed by atoms with Crippen LogP contribution in [0.4, 0.5) is 18.9 Å². The zero-order valence-electron chi connectivity index (χ0n) is 10.4. The van der Waals surface area contributed by atoms with Gasteiger partial charge in [0.1, 0.15) is 6.54 Å². The molecule has 2 rings (SSSR count). The van der Waals surface area contributed by atoms with Crippen molar-refractivity contribution in [3.63, 3.8) is 0 Å². The fraction of sp³-hybridized carbons (Fsp3) is 0.417. The van der Waals surface area contributed by atoms with E-state index in [0.717, 1.165) is 0 Å². The maximum atomic E-state index is 12.7. The molecule has 8 heteroatoms. The van der Waals surface area contributed by atoms with Gasteiger partial charge in [-0.3, -0.25) is 0 Å². The standard InChI is InChI=1S/C12H13ClF3N3O/c13-8-2-1-3-9(10(8)11(17)18-20)19(7-4-5-7)6-12(14,15)16/h1-3,7,20H,4-6H2,(H2,17,18). The van der Waals surface area contributed by atoms with E-state index in [2.05, 4.69) is 5.16 Å². The summed E-state index contributed by atoms with van der Waals surface area (Å²) >= 11 is 5.96. The quantitative estimate of drug-likeness (QED) is 0.389. The van der Waals surface area contributed by atoms with Gasteiger partial charge in [-0.15, -0.1) is 0 Å². The predicted octanol–water partition coefficient (Wildman–Crippen LogP) is 2.97. The van der Waals surface area contributed by atoms with Gasteiger partial charge >= 0.3 is 6.18 Å². The van der Waals surface area contributed by atoms with Gasteiger partial charge in [0.15, 0.2) is 5.84 Å². The van der Waals surface area contributed by atoms with E-state index in [1.165, 1.54) is 23.1 Å². The first-order valence-corrected chi connectivity index (χ1v) is 6.31. The summed E-state index contributed by atoms with van der Waals surface area (Å²) in [6.07, 6.45) is -2.98. The Balaban J connectivity index is 2.46. The number of hydrogen-bond acceptors (Lipinski definition) is 3. The van der Waals surface area contributed by atoms with Crippen LogP contribution in [0.25, 0.3) is 0 Å². The Morgan fingerprint density at radius 3 is 2.60 bits per heavy atom. The van der Waals surface area contributed by atoms with Crippen molar-refractivity contribution in [1.82, 2.24) is 0 Å². The van der Waals surface area contributed by atoms with Crippen LogP contribution in [0.3, 0.4) is 0 Å². The third kappa shape index (κ3) is 3.27. The zero-order chi connectivity index (χ0) is 14.9. The summed E-state index contributed by atoms with van der Waals surface area (Å²) < 4.78 is 38.1. The van der Waals surface area contributed by atoms with Gasteiger partial charge in [-0.25, -0.2) is 0 Å². The minimum absolute atomic E-state index is 0.118. The molecule has 110 valence electrons. The van der Waals surface area contributed by atoms with Crippen LogP contribution >= 0.6 is 11.6 Å².